The van der Waals surface area contributed by atoms with Crippen molar-refractivity contribution in [3.63, 3.8) is 0 Å². The molecule has 2 aromatic heterocycles. The van der Waals surface area contributed by atoms with Crippen LogP contribution in [-0.4, -0.2) is 43.4 Å². The zero-order chi connectivity index (χ0) is 25.7. The first-order chi connectivity index (χ1) is 17.3. The molecule has 0 unspecified atom stereocenters. The van der Waals surface area contributed by atoms with Crippen LogP contribution in [0.3, 0.4) is 0 Å². The van der Waals surface area contributed by atoms with E-state index in [4.69, 9.17) is 4.74 Å². The largest absolute Gasteiger partial charge is 0.462 e. The Kier molecular flexibility index (Phi) is 7.74. The summed E-state index contributed by atoms with van der Waals surface area (Å²) in [6, 6.07) is 16.2. The van der Waals surface area contributed by atoms with Crippen molar-refractivity contribution in [3.05, 3.63) is 88.5 Å². The Bertz CT molecular complexity index is 1360. The number of hydrogen-bond donors (Lipinski definition) is 1. The fourth-order valence-electron chi connectivity index (χ4n) is 3.49. The second kappa shape index (κ2) is 11.1. The van der Waals surface area contributed by atoms with Crippen LogP contribution < -0.4 is 5.32 Å². The van der Waals surface area contributed by atoms with Gasteiger partial charge in [-0.05, 0) is 70.2 Å². The zero-order valence-corrected chi connectivity index (χ0v) is 21.3. The quantitative estimate of drug-likeness (QED) is 0.210. The van der Waals surface area contributed by atoms with E-state index in [-0.39, 0.29) is 5.69 Å². The average Bonchev–Trinajstić information content (AvgIpc) is 3.27. The van der Waals surface area contributed by atoms with E-state index in [0.717, 1.165) is 22.6 Å². The summed E-state index contributed by atoms with van der Waals surface area (Å²) in [7, 11) is 0. The topological polar surface area (TPSA) is 112 Å². The van der Waals surface area contributed by atoms with Gasteiger partial charge in [-0.3, -0.25) is 4.79 Å². The van der Waals surface area contributed by atoms with Gasteiger partial charge in [-0.1, -0.05) is 34.7 Å². The number of carbonyl (C=O) groups is 2. The van der Waals surface area contributed by atoms with Crippen molar-refractivity contribution in [1.29, 1.82) is 0 Å². The standard InChI is InChI=1S/C26H26N6O3S/c1-5-35-25(34)19-8-10-20(11-9-19)29-24(33)23-22(15-36-26-27-17(3)14-18(4)28-26)32(31-30-23)21-12-6-16(2)7-13-21/h6-14H,5,15H2,1-4H3,(H,29,33). The number of amides is 1. The highest BCUT2D eigenvalue weighted by molar-refractivity contribution is 7.98. The molecular formula is C26H26N6O3S. The Morgan fingerprint density at radius 2 is 1.64 bits per heavy atom. The van der Waals surface area contributed by atoms with Gasteiger partial charge in [-0.2, -0.15) is 0 Å². The predicted molar refractivity (Wildman–Crippen MR) is 138 cm³/mol. The van der Waals surface area contributed by atoms with Crippen LogP contribution in [0.5, 0.6) is 0 Å². The average molecular weight is 503 g/mol. The van der Waals surface area contributed by atoms with Crippen molar-refractivity contribution in [2.75, 3.05) is 11.9 Å². The maximum atomic E-state index is 13.2. The summed E-state index contributed by atoms with van der Waals surface area (Å²) >= 11 is 1.41. The summed E-state index contributed by atoms with van der Waals surface area (Å²) in [5.74, 6) is -0.438. The molecule has 2 heterocycles. The minimum atomic E-state index is -0.413. The van der Waals surface area contributed by atoms with Gasteiger partial charge in [-0.15, -0.1) is 5.10 Å². The van der Waals surface area contributed by atoms with E-state index in [0.29, 0.717) is 34.5 Å². The first kappa shape index (κ1) is 25.1. The van der Waals surface area contributed by atoms with Crippen molar-refractivity contribution in [2.24, 2.45) is 0 Å². The molecule has 0 aliphatic heterocycles. The maximum Gasteiger partial charge on any atom is 0.338 e. The van der Waals surface area contributed by atoms with Crippen molar-refractivity contribution >= 4 is 29.3 Å². The number of ether oxygens (including phenoxy) is 1. The Balaban J connectivity index is 1.61. The first-order valence-corrected chi connectivity index (χ1v) is 12.4. The van der Waals surface area contributed by atoms with Crippen LogP contribution in [0, 0.1) is 20.8 Å². The molecule has 0 fully saturated rings. The smallest absolute Gasteiger partial charge is 0.338 e. The SMILES string of the molecule is CCOC(=O)c1ccc(NC(=O)c2nnn(-c3ccc(C)cc3)c2CSc2nc(C)cc(C)n2)cc1. The minimum Gasteiger partial charge on any atom is -0.462 e. The normalized spacial score (nSPS) is 10.8. The van der Waals surface area contributed by atoms with Crippen LogP contribution in [0.4, 0.5) is 5.69 Å². The molecule has 184 valence electrons. The number of esters is 1. The first-order valence-electron chi connectivity index (χ1n) is 11.4. The lowest BCUT2D eigenvalue weighted by Gasteiger charge is -2.09. The minimum absolute atomic E-state index is 0.196. The van der Waals surface area contributed by atoms with Gasteiger partial charge >= 0.3 is 5.97 Å². The van der Waals surface area contributed by atoms with Crippen molar-refractivity contribution in [3.8, 4) is 5.69 Å². The monoisotopic (exact) mass is 502 g/mol. The molecule has 0 radical (unpaired) electrons. The number of aromatic nitrogens is 5. The molecule has 0 aliphatic rings. The molecule has 4 rings (SSSR count). The fraction of sp³-hybridized carbons (Fsp3) is 0.231. The van der Waals surface area contributed by atoms with E-state index >= 15 is 0 Å². The number of rotatable bonds is 8. The molecular weight excluding hydrogens is 476 g/mol. The highest BCUT2D eigenvalue weighted by Crippen LogP contribution is 2.24. The van der Waals surface area contributed by atoms with Gasteiger partial charge in [-0.25, -0.2) is 19.4 Å². The Morgan fingerprint density at radius 3 is 2.28 bits per heavy atom. The third-order valence-electron chi connectivity index (χ3n) is 5.21. The summed E-state index contributed by atoms with van der Waals surface area (Å²) in [5.41, 5.74) is 5.40. The molecule has 10 heteroatoms. The zero-order valence-electron chi connectivity index (χ0n) is 20.5. The van der Waals surface area contributed by atoms with E-state index in [1.165, 1.54) is 11.8 Å². The van der Waals surface area contributed by atoms with Crippen LogP contribution >= 0.6 is 11.8 Å². The Labute approximate surface area is 213 Å². The Hall–Kier alpha value is -4.05. The van der Waals surface area contributed by atoms with Gasteiger partial charge in [0.15, 0.2) is 10.9 Å². The molecule has 0 aliphatic carbocycles. The number of hydrogen-bond acceptors (Lipinski definition) is 8. The van der Waals surface area contributed by atoms with Crippen LogP contribution in [0.15, 0.2) is 59.8 Å². The predicted octanol–water partition coefficient (Wildman–Crippen LogP) is 4.70. The number of benzene rings is 2. The third-order valence-corrected chi connectivity index (χ3v) is 6.07. The molecule has 36 heavy (non-hydrogen) atoms. The highest BCUT2D eigenvalue weighted by atomic mass is 32.2. The number of aryl methyl sites for hydroxylation is 3. The lowest BCUT2D eigenvalue weighted by Crippen LogP contribution is -2.15. The number of nitrogens with zero attached hydrogens (tertiary/aromatic N) is 5. The van der Waals surface area contributed by atoms with Gasteiger partial charge < -0.3 is 10.1 Å². The summed E-state index contributed by atoms with van der Waals surface area (Å²) in [5, 5.41) is 11.9. The number of nitrogens with one attached hydrogen (secondary N) is 1. The molecule has 0 spiro atoms. The van der Waals surface area contributed by atoms with Gasteiger partial charge in [0.2, 0.25) is 0 Å². The van der Waals surface area contributed by atoms with E-state index in [2.05, 4.69) is 25.6 Å². The molecule has 4 aromatic rings. The number of thioether (sulfide) groups is 1. The molecule has 2 aromatic carbocycles. The van der Waals surface area contributed by atoms with Crippen LogP contribution in [0.25, 0.3) is 5.69 Å². The lowest BCUT2D eigenvalue weighted by atomic mass is 10.2. The molecule has 0 bridgehead atoms. The van der Waals surface area contributed by atoms with E-state index in [9.17, 15) is 9.59 Å². The van der Waals surface area contributed by atoms with Crippen LogP contribution in [0.1, 0.15) is 50.4 Å². The summed E-state index contributed by atoms with van der Waals surface area (Å²) in [4.78, 5) is 34.1. The van der Waals surface area contributed by atoms with Crippen molar-refractivity contribution in [2.45, 2.75) is 38.6 Å². The summed E-state index contributed by atoms with van der Waals surface area (Å²) in [6.07, 6.45) is 0. The van der Waals surface area contributed by atoms with E-state index < -0.39 is 11.9 Å². The van der Waals surface area contributed by atoms with Crippen LogP contribution in [0.2, 0.25) is 0 Å². The second-order valence-corrected chi connectivity index (χ2v) is 9.05. The summed E-state index contributed by atoms with van der Waals surface area (Å²) < 4.78 is 6.66. The number of anilines is 1. The number of carbonyl (C=O) groups excluding carboxylic acids is 2. The Morgan fingerprint density at radius 1 is 0.972 bits per heavy atom. The van der Waals surface area contributed by atoms with E-state index in [1.807, 2.05) is 51.1 Å². The van der Waals surface area contributed by atoms with Gasteiger partial charge in [0.05, 0.1) is 23.6 Å². The maximum absolute atomic E-state index is 13.2. The molecule has 0 saturated carbocycles. The lowest BCUT2D eigenvalue weighted by molar-refractivity contribution is 0.0526. The summed E-state index contributed by atoms with van der Waals surface area (Å²) in [6.45, 7) is 7.89. The molecule has 1 amide bonds. The van der Waals surface area contributed by atoms with Gasteiger partial charge in [0, 0.05) is 22.8 Å². The fourth-order valence-corrected chi connectivity index (χ4v) is 4.43. The van der Waals surface area contributed by atoms with Gasteiger partial charge in [0.1, 0.15) is 0 Å². The van der Waals surface area contributed by atoms with Crippen molar-refractivity contribution in [1.82, 2.24) is 25.0 Å². The molecule has 1 N–H and O–H groups in total. The molecule has 0 atom stereocenters. The highest BCUT2D eigenvalue weighted by Gasteiger charge is 2.22. The van der Waals surface area contributed by atoms with Crippen LogP contribution in [-0.2, 0) is 10.5 Å². The molecule has 0 saturated heterocycles. The molecule has 9 nitrogen and oxygen atoms in total. The van der Waals surface area contributed by atoms with Gasteiger partial charge in [0.25, 0.3) is 5.91 Å². The second-order valence-electron chi connectivity index (χ2n) is 8.11. The third kappa shape index (κ3) is 5.95. The van der Waals surface area contributed by atoms with Crippen molar-refractivity contribution < 1.29 is 14.3 Å². The van der Waals surface area contributed by atoms with E-state index in [1.54, 1.807) is 35.9 Å².